The normalized spacial score (nSPS) is 12.7. The van der Waals surface area contributed by atoms with E-state index in [-0.39, 0.29) is 41.3 Å². The Kier molecular flexibility index (Phi) is 13.6. The smallest absolute Gasteiger partial charge is 0.406 e. The van der Waals surface area contributed by atoms with E-state index in [1.807, 2.05) is 57.2 Å². The number of aryl methyl sites for hydroxylation is 1. The molecule has 0 unspecified atom stereocenters. The molecule has 4 aromatic rings. The van der Waals surface area contributed by atoms with Crippen molar-refractivity contribution < 1.29 is 22.3 Å². The number of aromatic nitrogens is 3. The van der Waals surface area contributed by atoms with E-state index in [1.54, 1.807) is 6.20 Å². The monoisotopic (exact) mass is 702 g/mol. The van der Waals surface area contributed by atoms with Crippen molar-refractivity contribution >= 4 is 17.0 Å². The lowest BCUT2D eigenvalue weighted by atomic mass is 9.85. The van der Waals surface area contributed by atoms with Crippen molar-refractivity contribution in [3.8, 4) is 11.4 Å². The first-order valence-corrected chi connectivity index (χ1v) is 16.5. The number of guanidine groups is 1. The predicted molar refractivity (Wildman–Crippen MR) is 191 cm³/mol. The highest BCUT2D eigenvalue weighted by Crippen LogP contribution is 2.31. The topological polar surface area (TPSA) is 162 Å². The molecule has 0 saturated heterocycles. The number of nitrogens with two attached hydrogens (primary N) is 3. The van der Waals surface area contributed by atoms with Crippen LogP contribution in [0.3, 0.4) is 0 Å². The molecule has 2 heterocycles. The zero-order valence-electron chi connectivity index (χ0n) is 29.6. The molecule has 0 saturated carbocycles. The van der Waals surface area contributed by atoms with Gasteiger partial charge in [-0.15, -0.1) is 13.2 Å². The molecule has 0 aliphatic heterocycles. The van der Waals surface area contributed by atoms with Crippen LogP contribution in [-0.4, -0.2) is 52.7 Å². The summed E-state index contributed by atoms with van der Waals surface area (Å²) in [7, 11) is 0. The van der Waals surface area contributed by atoms with Crippen molar-refractivity contribution in [2.24, 2.45) is 22.2 Å². The Morgan fingerprint density at radius 2 is 1.66 bits per heavy atom. The second-order valence-corrected chi connectivity index (χ2v) is 14.2. The average molecular weight is 703 g/mol. The maximum atomic E-state index is 13.7. The minimum absolute atomic E-state index is 0.0644. The summed E-state index contributed by atoms with van der Waals surface area (Å²) in [5.74, 6) is -0.266. The molecule has 4 rings (SSSR count). The van der Waals surface area contributed by atoms with Gasteiger partial charge in [0.15, 0.2) is 5.96 Å². The first kappa shape index (κ1) is 40.0. The summed E-state index contributed by atoms with van der Waals surface area (Å²) in [4.78, 5) is 23.5. The zero-order valence-corrected chi connectivity index (χ0v) is 29.6. The number of nitrogens with zero attached hydrogens (tertiary/aromatic N) is 3. The van der Waals surface area contributed by atoms with Crippen molar-refractivity contribution in [2.75, 3.05) is 19.6 Å². The van der Waals surface area contributed by atoms with Gasteiger partial charge in [-0.05, 0) is 78.2 Å². The fraction of sp³-hybridized carbons (Fsp3) is 0.472. The van der Waals surface area contributed by atoms with Crippen LogP contribution >= 0.6 is 0 Å². The van der Waals surface area contributed by atoms with E-state index in [0.29, 0.717) is 30.8 Å². The molecule has 14 heteroatoms. The van der Waals surface area contributed by atoms with Crippen molar-refractivity contribution in [3.05, 3.63) is 87.6 Å². The Labute approximate surface area is 290 Å². The van der Waals surface area contributed by atoms with E-state index in [0.717, 1.165) is 40.6 Å². The van der Waals surface area contributed by atoms with E-state index < -0.39 is 12.5 Å². The van der Waals surface area contributed by atoms with Gasteiger partial charge in [-0.1, -0.05) is 59.7 Å². The Balaban J connectivity index is 0.000000295. The number of aliphatic imine (C=N–C) groups is 1. The summed E-state index contributed by atoms with van der Waals surface area (Å²) in [5, 5.41) is 3.90. The standard InChI is InChI=1S/C21H28FN7O.C15H22F3NO/c1-21(2,3)17-8-14-12-29(20(30)28-18(14)27-17)16-6-4-13(5-7-16)9-25-10-15(22)11-26-19(23)24;1-14(2,3)12-8-11(6-4-5-7-19)9-13(10-12)20-15(16,17)18/h4-8,12,15,25H,9-11H2,1-3H3,(H4,23,24,26)(H,27,28,30);8-10H,4-7,19H2,1-3H3/t15-;/m0./s1. The molecule has 0 radical (unpaired) electrons. The molecule has 50 heavy (non-hydrogen) atoms. The van der Waals surface area contributed by atoms with Crippen LogP contribution in [0.15, 0.2) is 64.5 Å². The third kappa shape index (κ3) is 12.8. The molecule has 274 valence electrons. The number of hydrogen-bond donors (Lipinski definition) is 5. The molecule has 0 fully saturated rings. The summed E-state index contributed by atoms with van der Waals surface area (Å²) in [6.07, 6.45) is -1.62. The highest BCUT2D eigenvalue weighted by Gasteiger charge is 2.31. The van der Waals surface area contributed by atoms with Crippen LogP contribution in [0.4, 0.5) is 17.6 Å². The van der Waals surface area contributed by atoms with Gasteiger partial charge in [-0.3, -0.25) is 9.56 Å². The number of rotatable bonds is 12. The largest absolute Gasteiger partial charge is 0.573 e. The van der Waals surface area contributed by atoms with Gasteiger partial charge < -0.3 is 32.2 Å². The summed E-state index contributed by atoms with van der Waals surface area (Å²) in [6, 6.07) is 14.3. The van der Waals surface area contributed by atoms with Crippen LogP contribution < -0.4 is 32.9 Å². The minimum atomic E-state index is -4.66. The third-order valence-corrected chi connectivity index (χ3v) is 7.68. The molecule has 0 aliphatic carbocycles. The molecular formula is C36H50F4N8O2. The van der Waals surface area contributed by atoms with Crippen molar-refractivity contribution in [1.82, 2.24) is 19.9 Å². The summed E-state index contributed by atoms with van der Waals surface area (Å²) in [5.41, 5.74) is 20.2. The molecule has 8 N–H and O–H groups in total. The molecular weight excluding hydrogens is 652 g/mol. The van der Waals surface area contributed by atoms with Crippen LogP contribution in [0, 0.1) is 0 Å². The van der Waals surface area contributed by atoms with Crippen LogP contribution in [-0.2, 0) is 23.8 Å². The van der Waals surface area contributed by atoms with Gasteiger partial charge in [0.05, 0.1) is 12.2 Å². The number of nitrogens with one attached hydrogen (secondary N) is 2. The molecule has 2 aromatic heterocycles. The SMILES string of the molecule is CC(C)(C)c1cc(CCCCN)cc(OC(F)(F)F)c1.CC(C)(C)c1cc2cn(-c3ccc(CNC[C@H](F)CN=C(N)N)cc3)c(=O)nc2[nH]1. The van der Waals surface area contributed by atoms with Crippen LogP contribution in [0.2, 0.25) is 0 Å². The second kappa shape index (κ2) is 17.0. The molecule has 0 amide bonds. The first-order chi connectivity index (χ1) is 23.2. The fourth-order valence-electron chi connectivity index (χ4n) is 4.90. The maximum Gasteiger partial charge on any atom is 0.573 e. The fourth-order valence-corrected chi connectivity index (χ4v) is 4.90. The van der Waals surface area contributed by atoms with Crippen LogP contribution in [0.1, 0.15) is 76.8 Å². The van der Waals surface area contributed by atoms with E-state index in [2.05, 4.69) is 45.8 Å². The van der Waals surface area contributed by atoms with Crippen molar-refractivity contribution in [2.45, 2.75) is 90.7 Å². The number of H-pyrrole nitrogens is 1. The van der Waals surface area contributed by atoms with Gasteiger partial charge in [0, 0.05) is 35.8 Å². The van der Waals surface area contributed by atoms with E-state index in [4.69, 9.17) is 17.2 Å². The lowest BCUT2D eigenvalue weighted by Crippen LogP contribution is -2.28. The molecule has 0 bridgehead atoms. The highest BCUT2D eigenvalue weighted by atomic mass is 19.4. The molecule has 10 nitrogen and oxygen atoms in total. The molecule has 1 atom stereocenters. The van der Waals surface area contributed by atoms with Gasteiger partial charge in [-0.2, -0.15) is 4.98 Å². The number of unbranched alkanes of at least 4 members (excludes halogenated alkanes) is 1. The summed E-state index contributed by atoms with van der Waals surface area (Å²) >= 11 is 0. The van der Waals surface area contributed by atoms with Gasteiger partial charge in [0.2, 0.25) is 0 Å². The predicted octanol–water partition coefficient (Wildman–Crippen LogP) is 5.88. The van der Waals surface area contributed by atoms with E-state index in [9.17, 15) is 22.4 Å². The Hall–Kier alpha value is -4.43. The van der Waals surface area contributed by atoms with Crippen molar-refractivity contribution in [1.29, 1.82) is 0 Å². The number of halogens is 4. The third-order valence-electron chi connectivity index (χ3n) is 7.68. The Morgan fingerprint density at radius 1 is 0.980 bits per heavy atom. The number of aromatic amines is 1. The van der Waals surface area contributed by atoms with Crippen molar-refractivity contribution in [3.63, 3.8) is 0 Å². The summed E-state index contributed by atoms with van der Waals surface area (Å²) in [6.45, 7) is 13.3. The summed E-state index contributed by atoms with van der Waals surface area (Å²) < 4.78 is 56.4. The van der Waals surface area contributed by atoms with Gasteiger partial charge >= 0.3 is 12.1 Å². The Morgan fingerprint density at radius 3 is 2.24 bits per heavy atom. The molecule has 0 aliphatic rings. The van der Waals surface area contributed by atoms with Gasteiger partial charge in [0.1, 0.15) is 17.6 Å². The minimum Gasteiger partial charge on any atom is -0.406 e. The average Bonchev–Trinajstić information content (AvgIpc) is 3.43. The molecule has 0 spiro atoms. The van der Waals surface area contributed by atoms with Gasteiger partial charge in [-0.25, -0.2) is 9.18 Å². The lowest BCUT2D eigenvalue weighted by molar-refractivity contribution is -0.274. The van der Waals surface area contributed by atoms with Gasteiger partial charge in [0.25, 0.3) is 0 Å². The Bertz CT molecular complexity index is 1760. The van der Waals surface area contributed by atoms with Crippen LogP contribution in [0.25, 0.3) is 16.7 Å². The zero-order chi connectivity index (χ0) is 37.3. The first-order valence-electron chi connectivity index (χ1n) is 16.5. The lowest BCUT2D eigenvalue weighted by Gasteiger charge is -2.21. The number of ether oxygens (including phenoxy) is 1. The van der Waals surface area contributed by atoms with E-state index in [1.165, 1.54) is 16.7 Å². The maximum absolute atomic E-state index is 13.7. The molecule has 2 aromatic carbocycles. The van der Waals surface area contributed by atoms with Crippen LogP contribution in [0.5, 0.6) is 5.75 Å². The second-order valence-electron chi connectivity index (χ2n) is 14.2. The number of hydrogen-bond acceptors (Lipinski definition) is 6. The van der Waals surface area contributed by atoms with E-state index >= 15 is 0 Å². The number of benzene rings is 2. The quantitative estimate of drug-likeness (QED) is 0.0533. The number of fused-ring (bicyclic) bond motifs is 1. The highest BCUT2D eigenvalue weighted by molar-refractivity contribution is 5.76. The number of alkyl halides is 4.